The second kappa shape index (κ2) is 7.53. The van der Waals surface area contributed by atoms with Crippen LogP contribution in [0.2, 0.25) is 5.02 Å². The highest BCUT2D eigenvalue weighted by molar-refractivity contribution is 6.30. The molecule has 0 saturated carbocycles. The summed E-state index contributed by atoms with van der Waals surface area (Å²) in [6.07, 6.45) is 3.19. The van der Waals surface area contributed by atoms with Crippen molar-refractivity contribution in [1.82, 2.24) is 9.78 Å². The molecule has 0 aliphatic carbocycles. The monoisotopic (exact) mass is 383 g/mol. The van der Waals surface area contributed by atoms with Gasteiger partial charge in [-0.25, -0.2) is 4.68 Å². The maximum absolute atomic E-state index is 6.27. The van der Waals surface area contributed by atoms with Crippen LogP contribution in [0.3, 0.4) is 0 Å². The van der Waals surface area contributed by atoms with E-state index in [1.165, 1.54) is 5.56 Å². The number of nitrogens with zero attached hydrogens (tertiary/aromatic N) is 2. The van der Waals surface area contributed by atoms with Gasteiger partial charge in [-0.05, 0) is 49.6 Å². The highest BCUT2D eigenvalue weighted by atomic mass is 35.5. The Bertz CT molecular complexity index is 968. The van der Waals surface area contributed by atoms with Gasteiger partial charge in [0.1, 0.15) is 28.7 Å². The zero-order valence-electron chi connectivity index (χ0n) is 15.5. The lowest BCUT2D eigenvalue weighted by Crippen LogP contribution is -2.08. The molecule has 2 aromatic carbocycles. The summed E-state index contributed by atoms with van der Waals surface area (Å²) in [5.41, 5.74) is 3.93. The molecule has 1 aromatic heterocycles. The number of benzene rings is 2. The molecule has 4 rings (SSSR count). The van der Waals surface area contributed by atoms with Crippen molar-refractivity contribution >= 4 is 17.4 Å². The van der Waals surface area contributed by atoms with E-state index in [0.717, 1.165) is 60.1 Å². The van der Waals surface area contributed by atoms with Crippen LogP contribution in [-0.4, -0.2) is 30.5 Å². The van der Waals surface area contributed by atoms with Crippen molar-refractivity contribution in [1.29, 1.82) is 0 Å². The van der Waals surface area contributed by atoms with Gasteiger partial charge in [-0.3, -0.25) is 0 Å². The molecule has 5 nitrogen and oxygen atoms in total. The molecule has 2 heterocycles. The third-order valence-corrected chi connectivity index (χ3v) is 5.10. The lowest BCUT2D eigenvalue weighted by atomic mass is 10.0. The average molecular weight is 384 g/mol. The third-order valence-electron chi connectivity index (χ3n) is 4.86. The predicted molar refractivity (Wildman–Crippen MR) is 109 cm³/mol. The summed E-state index contributed by atoms with van der Waals surface area (Å²) in [7, 11) is 3.34. The summed E-state index contributed by atoms with van der Waals surface area (Å²) in [5.74, 6) is 2.53. The van der Waals surface area contributed by atoms with Crippen molar-refractivity contribution in [2.75, 3.05) is 26.1 Å². The van der Waals surface area contributed by atoms with E-state index in [1.807, 2.05) is 47.1 Å². The molecule has 1 N–H and O–H groups in total. The van der Waals surface area contributed by atoms with E-state index in [1.54, 1.807) is 14.2 Å². The summed E-state index contributed by atoms with van der Waals surface area (Å²) in [6, 6.07) is 13.6. The largest absolute Gasteiger partial charge is 0.496 e. The van der Waals surface area contributed by atoms with Crippen LogP contribution in [0.25, 0.3) is 16.9 Å². The summed E-state index contributed by atoms with van der Waals surface area (Å²) < 4.78 is 13.1. The zero-order chi connectivity index (χ0) is 18.8. The first-order valence-corrected chi connectivity index (χ1v) is 9.44. The summed E-state index contributed by atoms with van der Waals surface area (Å²) in [4.78, 5) is 0. The number of para-hydroxylation sites is 1. The highest BCUT2D eigenvalue weighted by Crippen LogP contribution is 2.39. The normalized spacial score (nSPS) is 13.4. The number of aromatic nitrogens is 2. The molecule has 0 bridgehead atoms. The molecule has 3 aromatic rings. The molecule has 1 aliphatic heterocycles. The zero-order valence-corrected chi connectivity index (χ0v) is 16.2. The van der Waals surface area contributed by atoms with Gasteiger partial charge < -0.3 is 14.8 Å². The van der Waals surface area contributed by atoms with Crippen molar-refractivity contribution in [2.45, 2.75) is 19.3 Å². The maximum Gasteiger partial charge on any atom is 0.144 e. The van der Waals surface area contributed by atoms with Crippen LogP contribution < -0.4 is 14.8 Å². The van der Waals surface area contributed by atoms with Crippen LogP contribution in [0.5, 0.6) is 11.5 Å². The molecule has 0 fully saturated rings. The van der Waals surface area contributed by atoms with Gasteiger partial charge in [0.2, 0.25) is 0 Å². The summed E-state index contributed by atoms with van der Waals surface area (Å²) >= 11 is 6.27. The van der Waals surface area contributed by atoms with Gasteiger partial charge in [-0.1, -0.05) is 23.7 Å². The summed E-state index contributed by atoms with van der Waals surface area (Å²) in [6.45, 7) is 0.910. The number of methoxy groups -OCH3 is 2. The summed E-state index contributed by atoms with van der Waals surface area (Å²) in [5, 5.41) is 9.16. The number of ether oxygens (including phenoxy) is 2. The van der Waals surface area contributed by atoms with Gasteiger partial charge in [0, 0.05) is 22.7 Å². The molecule has 0 spiro atoms. The minimum atomic E-state index is 0.641. The predicted octanol–water partition coefficient (Wildman–Crippen LogP) is 4.96. The van der Waals surface area contributed by atoms with Crippen LogP contribution in [0.4, 0.5) is 5.82 Å². The van der Waals surface area contributed by atoms with Crippen LogP contribution in [0.1, 0.15) is 18.4 Å². The molecular formula is C21H22ClN3O2. The van der Waals surface area contributed by atoms with Crippen molar-refractivity contribution in [3.05, 3.63) is 53.1 Å². The molecule has 6 heteroatoms. The lowest BCUT2D eigenvalue weighted by molar-refractivity contribution is 0.412. The van der Waals surface area contributed by atoms with Crippen molar-refractivity contribution in [3.63, 3.8) is 0 Å². The fourth-order valence-corrected chi connectivity index (χ4v) is 3.73. The Labute approximate surface area is 163 Å². The van der Waals surface area contributed by atoms with E-state index in [-0.39, 0.29) is 0 Å². The average Bonchev–Trinajstić information content (AvgIpc) is 2.88. The smallest absolute Gasteiger partial charge is 0.144 e. The van der Waals surface area contributed by atoms with Gasteiger partial charge >= 0.3 is 0 Å². The molecule has 0 amide bonds. The van der Waals surface area contributed by atoms with E-state index in [2.05, 4.69) is 5.32 Å². The Balaban J connectivity index is 1.97. The van der Waals surface area contributed by atoms with Gasteiger partial charge in [0.15, 0.2) is 0 Å². The second-order valence-corrected chi connectivity index (χ2v) is 6.92. The van der Waals surface area contributed by atoms with Crippen molar-refractivity contribution < 1.29 is 9.47 Å². The van der Waals surface area contributed by atoms with Crippen molar-refractivity contribution in [3.8, 4) is 28.4 Å². The topological polar surface area (TPSA) is 48.3 Å². The molecule has 0 saturated heterocycles. The Kier molecular flexibility index (Phi) is 4.94. The molecule has 1 aliphatic rings. The highest BCUT2D eigenvalue weighted by Gasteiger charge is 2.24. The Morgan fingerprint density at radius 1 is 1.04 bits per heavy atom. The first kappa shape index (κ1) is 17.7. The number of hydrogen-bond donors (Lipinski definition) is 1. The van der Waals surface area contributed by atoms with E-state index in [9.17, 15) is 0 Å². The Morgan fingerprint density at radius 3 is 2.67 bits per heavy atom. The van der Waals surface area contributed by atoms with E-state index >= 15 is 0 Å². The van der Waals surface area contributed by atoms with Gasteiger partial charge in [0.05, 0.1) is 14.2 Å². The first-order valence-electron chi connectivity index (χ1n) is 9.06. The Hall–Kier alpha value is -2.66. The molecule has 0 radical (unpaired) electrons. The van der Waals surface area contributed by atoms with Crippen LogP contribution in [0.15, 0.2) is 42.5 Å². The first-order chi connectivity index (χ1) is 13.2. The minimum Gasteiger partial charge on any atom is -0.496 e. The molecule has 0 atom stereocenters. The molecule has 27 heavy (non-hydrogen) atoms. The fraction of sp³-hybridized carbons (Fsp3) is 0.286. The SMILES string of the molecule is COc1ccccc1-c1nn(-c2cc(Cl)ccc2OC)c2c1CCCCN2. The van der Waals surface area contributed by atoms with Crippen molar-refractivity contribution in [2.24, 2.45) is 0 Å². The molecule has 140 valence electrons. The number of fused-ring (bicyclic) bond motifs is 1. The quantitative estimate of drug-likeness (QED) is 0.691. The maximum atomic E-state index is 6.27. The third kappa shape index (κ3) is 3.23. The van der Waals surface area contributed by atoms with Gasteiger partial charge in [-0.15, -0.1) is 0 Å². The van der Waals surface area contributed by atoms with E-state index in [0.29, 0.717) is 5.02 Å². The minimum absolute atomic E-state index is 0.641. The van der Waals surface area contributed by atoms with Crippen LogP contribution in [0, 0.1) is 0 Å². The van der Waals surface area contributed by atoms with Crippen LogP contribution in [-0.2, 0) is 6.42 Å². The number of nitrogens with one attached hydrogen (secondary N) is 1. The standard InChI is InChI=1S/C21H22ClN3O2/c1-26-18-9-4-3-7-15(18)20-16-8-5-6-12-23-21(16)25(24-20)17-13-14(22)10-11-19(17)27-2/h3-4,7,9-11,13,23H,5-6,8,12H2,1-2H3. The molecular weight excluding hydrogens is 362 g/mol. The second-order valence-electron chi connectivity index (χ2n) is 6.49. The number of hydrogen-bond acceptors (Lipinski definition) is 4. The van der Waals surface area contributed by atoms with E-state index < -0.39 is 0 Å². The van der Waals surface area contributed by atoms with E-state index in [4.69, 9.17) is 26.2 Å². The number of rotatable bonds is 4. The van der Waals surface area contributed by atoms with Gasteiger partial charge in [-0.2, -0.15) is 5.10 Å². The number of halogens is 1. The fourth-order valence-electron chi connectivity index (χ4n) is 3.56. The van der Waals surface area contributed by atoms with Gasteiger partial charge in [0.25, 0.3) is 0 Å². The molecule has 0 unspecified atom stereocenters. The lowest BCUT2D eigenvalue weighted by Gasteiger charge is -2.13. The Morgan fingerprint density at radius 2 is 1.85 bits per heavy atom. The number of anilines is 1. The van der Waals surface area contributed by atoms with Crippen LogP contribution >= 0.6 is 11.6 Å².